The third-order valence-electron chi connectivity index (χ3n) is 9.01. The summed E-state index contributed by atoms with van der Waals surface area (Å²) in [4.78, 5) is 33.7. The van der Waals surface area contributed by atoms with Crippen molar-refractivity contribution in [3.63, 3.8) is 0 Å². The predicted molar refractivity (Wildman–Crippen MR) is 152 cm³/mol. The molecular formula is C34H32N2O3. The number of benzene rings is 3. The van der Waals surface area contributed by atoms with E-state index >= 15 is 0 Å². The van der Waals surface area contributed by atoms with Gasteiger partial charge in [-0.25, -0.2) is 4.79 Å². The summed E-state index contributed by atoms with van der Waals surface area (Å²) < 4.78 is 6.05. The molecule has 2 atom stereocenters. The van der Waals surface area contributed by atoms with Gasteiger partial charge in [0.05, 0.1) is 5.52 Å². The van der Waals surface area contributed by atoms with Crippen LogP contribution in [-0.4, -0.2) is 40.5 Å². The number of nitrogens with zero attached hydrogens (tertiary/aromatic N) is 2. The van der Waals surface area contributed by atoms with Crippen molar-refractivity contribution < 1.29 is 14.3 Å². The molecule has 0 radical (unpaired) electrons. The van der Waals surface area contributed by atoms with Gasteiger partial charge in [-0.05, 0) is 85.5 Å². The topological polar surface area (TPSA) is 59.5 Å². The number of hydrogen-bond acceptors (Lipinski definition) is 4. The molecule has 2 unspecified atom stereocenters. The highest BCUT2D eigenvalue weighted by atomic mass is 16.6. The second-order valence-electron chi connectivity index (χ2n) is 11.3. The first-order chi connectivity index (χ1) is 19.1. The number of aromatic nitrogens is 1. The fourth-order valence-corrected chi connectivity index (χ4v) is 7.18. The monoisotopic (exact) mass is 516 g/mol. The molecule has 5 nitrogen and oxygen atoms in total. The second-order valence-corrected chi connectivity index (χ2v) is 11.3. The third-order valence-corrected chi connectivity index (χ3v) is 9.01. The lowest BCUT2D eigenvalue weighted by atomic mass is 9.76. The van der Waals surface area contributed by atoms with E-state index in [9.17, 15) is 9.59 Å². The van der Waals surface area contributed by atoms with Gasteiger partial charge in [0.15, 0.2) is 5.78 Å². The second kappa shape index (κ2) is 9.64. The zero-order valence-electron chi connectivity index (χ0n) is 22.2. The lowest BCUT2D eigenvalue weighted by Crippen LogP contribution is -2.55. The van der Waals surface area contributed by atoms with Crippen molar-refractivity contribution in [1.29, 1.82) is 0 Å². The Morgan fingerprint density at radius 2 is 1.54 bits per heavy atom. The zero-order valence-corrected chi connectivity index (χ0v) is 22.2. The van der Waals surface area contributed by atoms with Crippen LogP contribution in [0.5, 0.6) is 0 Å². The number of Topliss-reactive ketones (excluding diaryl/α,β-unsaturated/α-hetero) is 1. The van der Waals surface area contributed by atoms with Gasteiger partial charge in [-0.1, -0.05) is 54.6 Å². The number of fused-ring (bicyclic) bond motifs is 6. The molecule has 4 aromatic rings. The minimum atomic E-state index is -0.232. The number of carbonyl (C=O) groups is 2. The summed E-state index contributed by atoms with van der Waals surface area (Å²) >= 11 is 0. The van der Waals surface area contributed by atoms with Crippen LogP contribution in [0.1, 0.15) is 65.2 Å². The Labute approximate surface area is 228 Å². The molecule has 0 N–H and O–H groups in total. The Balaban J connectivity index is 1.06. The van der Waals surface area contributed by atoms with E-state index in [1.807, 2.05) is 42.2 Å². The minimum Gasteiger partial charge on any atom is -0.448 e. The minimum absolute atomic E-state index is 0.0477. The van der Waals surface area contributed by atoms with Crippen LogP contribution in [0.4, 0.5) is 4.79 Å². The first-order valence-corrected chi connectivity index (χ1v) is 14.1. The summed E-state index contributed by atoms with van der Waals surface area (Å²) in [6.07, 6.45) is 4.10. The molecule has 196 valence electrons. The molecule has 0 saturated carbocycles. The molecule has 1 aliphatic carbocycles. The molecule has 2 saturated heterocycles. The van der Waals surface area contributed by atoms with Crippen LogP contribution in [0.25, 0.3) is 22.0 Å². The van der Waals surface area contributed by atoms with Gasteiger partial charge in [0.2, 0.25) is 0 Å². The summed E-state index contributed by atoms with van der Waals surface area (Å²) in [6, 6.07) is 26.7. The number of piperidine rings is 2. The van der Waals surface area contributed by atoms with Crippen molar-refractivity contribution in [1.82, 2.24) is 9.88 Å². The maximum atomic E-state index is 13.6. The molecule has 2 aliphatic heterocycles. The van der Waals surface area contributed by atoms with E-state index in [0.29, 0.717) is 19.4 Å². The molecule has 2 bridgehead atoms. The number of hydrogen-bond donors (Lipinski definition) is 0. The van der Waals surface area contributed by atoms with Crippen LogP contribution in [-0.2, 0) is 4.74 Å². The summed E-state index contributed by atoms with van der Waals surface area (Å²) in [6.45, 7) is 2.30. The standard InChI is InChI=1S/C34H32N2O3/c1-21-13-14-22-17-23(15-16-32(22)35-21)33(37)24-18-25-7-6-8-26(19-24)36(25)34(38)39-20-31-29-11-4-2-9-27(29)28-10-3-5-12-30(28)31/h2-5,9-17,24-26,31H,6-8,18-20H2,1H3. The van der Waals surface area contributed by atoms with E-state index in [4.69, 9.17) is 4.74 Å². The Morgan fingerprint density at radius 1 is 0.872 bits per heavy atom. The average molecular weight is 517 g/mol. The Kier molecular flexibility index (Phi) is 5.95. The summed E-state index contributed by atoms with van der Waals surface area (Å²) in [5.41, 5.74) is 7.51. The highest BCUT2D eigenvalue weighted by Gasteiger charge is 2.44. The number of carbonyl (C=O) groups excluding carboxylic acids is 2. The molecule has 1 aromatic heterocycles. The maximum Gasteiger partial charge on any atom is 0.410 e. The van der Waals surface area contributed by atoms with Crippen molar-refractivity contribution >= 4 is 22.8 Å². The van der Waals surface area contributed by atoms with Gasteiger partial charge in [-0.2, -0.15) is 0 Å². The molecule has 3 aromatic carbocycles. The highest BCUT2D eigenvalue weighted by Crippen LogP contribution is 2.45. The molecule has 2 fully saturated rings. The summed E-state index contributed by atoms with van der Waals surface area (Å²) in [5.74, 6) is 0.154. The Bertz CT molecular complexity index is 1540. The van der Waals surface area contributed by atoms with Crippen molar-refractivity contribution in [3.8, 4) is 11.1 Å². The summed E-state index contributed by atoms with van der Waals surface area (Å²) in [5, 5.41) is 0.989. The first kappa shape index (κ1) is 24.1. The van der Waals surface area contributed by atoms with E-state index < -0.39 is 0 Å². The van der Waals surface area contributed by atoms with E-state index in [2.05, 4.69) is 53.5 Å². The van der Waals surface area contributed by atoms with Gasteiger partial charge >= 0.3 is 6.09 Å². The number of pyridine rings is 1. The van der Waals surface area contributed by atoms with Crippen LogP contribution in [0.15, 0.2) is 78.9 Å². The zero-order chi connectivity index (χ0) is 26.5. The van der Waals surface area contributed by atoms with Crippen molar-refractivity contribution in [3.05, 3.63) is 101 Å². The fraction of sp³-hybridized carbons (Fsp3) is 0.324. The largest absolute Gasteiger partial charge is 0.448 e. The molecule has 1 amide bonds. The van der Waals surface area contributed by atoms with Gasteiger partial charge in [0.1, 0.15) is 6.61 Å². The van der Waals surface area contributed by atoms with E-state index in [1.54, 1.807) is 0 Å². The van der Waals surface area contributed by atoms with Gasteiger partial charge in [0, 0.05) is 40.6 Å². The fourth-order valence-electron chi connectivity index (χ4n) is 7.18. The lowest BCUT2D eigenvalue weighted by molar-refractivity contribution is 0.00651. The Hall–Kier alpha value is -3.99. The smallest absolute Gasteiger partial charge is 0.410 e. The van der Waals surface area contributed by atoms with Crippen LogP contribution in [0.2, 0.25) is 0 Å². The van der Waals surface area contributed by atoms with Crippen molar-refractivity contribution in [2.75, 3.05) is 6.61 Å². The lowest BCUT2D eigenvalue weighted by Gasteiger charge is -2.47. The molecule has 39 heavy (non-hydrogen) atoms. The predicted octanol–water partition coefficient (Wildman–Crippen LogP) is 7.31. The van der Waals surface area contributed by atoms with Gasteiger partial charge in [0.25, 0.3) is 0 Å². The molecular weight excluding hydrogens is 484 g/mol. The number of aryl methyl sites for hydroxylation is 1. The molecule has 7 rings (SSSR count). The quantitative estimate of drug-likeness (QED) is 0.267. The summed E-state index contributed by atoms with van der Waals surface area (Å²) in [7, 11) is 0. The van der Waals surface area contributed by atoms with Gasteiger partial charge in [-0.3, -0.25) is 9.78 Å². The van der Waals surface area contributed by atoms with E-state index in [0.717, 1.165) is 41.4 Å². The third kappa shape index (κ3) is 4.21. The Morgan fingerprint density at radius 3 is 2.23 bits per heavy atom. The van der Waals surface area contributed by atoms with Gasteiger partial charge < -0.3 is 9.64 Å². The number of rotatable bonds is 4. The maximum absolute atomic E-state index is 13.6. The SMILES string of the molecule is Cc1ccc2cc(C(=O)C3CC4CCCC(C3)N4C(=O)OCC3c4ccccc4-c4ccccc43)ccc2n1. The van der Waals surface area contributed by atoms with Gasteiger partial charge in [-0.15, -0.1) is 0 Å². The van der Waals surface area contributed by atoms with E-state index in [1.165, 1.54) is 22.3 Å². The van der Waals surface area contributed by atoms with Crippen LogP contribution in [0.3, 0.4) is 0 Å². The van der Waals surface area contributed by atoms with E-state index in [-0.39, 0.29) is 35.8 Å². The number of ether oxygens (including phenoxy) is 1. The molecule has 0 spiro atoms. The van der Waals surface area contributed by atoms with Crippen LogP contribution >= 0.6 is 0 Å². The average Bonchev–Trinajstić information content (AvgIpc) is 3.28. The molecule has 5 heteroatoms. The van der Waals surface area contributed by atoms with Crippen molar-refractivity contribution in [2.24, 2.45) is 5.92 Å². The number of amides is 1. The van der Waals surface area contributed by atoms with Crippen LogP contribution in [0, 0.1) is 12.8 Å². The van der Waals surface area contributed by atoms with Crippen molar-refractivity contribution in [2.45, 2.75) is 57.0 Å². The normalized spacial score (nSPS) is 21.9. The van der Waals surface area contributed by atoms with Crippen LogP contribution < -0.4 is 0 Å². The first-order valence-electron chi connectivity index (χ1n) is 14.1. The number of ketones is 1. The highest BCUT2D eigenvalue weighted by molar-refractivity contribution is 6.01. The molecule has 3 aliphatic rings. The molecule has 3 heterocycles.